The monoisotopic (exact) mass is 321 g/mol. The normalized spacial score (nSPS) is 11.9. The van der Waals surface area contributed by atoms with Gasteiger partial charge in [-0.1, -0.05) is 42.5 Å². The first-order chi connectivity index (χ1) is 11.7. The van der Waals surface area contributed by atoms with Crippen molar-refractivity contribution in [3.63, 3.8) is 0 Å². The molecular formula is C20H19NO3. The van der Waals surface area contributed by atoms with Gasteiger partial charge >= 0.3 is 0 Å². The molecule has 0 saturated heterocycles. The van der Waals surface area contributed by atoms with Crippen LogP contribution in [-0.4, -0.2) is 17.6 Å². The summed E-state index contributed by atoms with van der Waals surface area (Å²) in [6, 6.07) is 19.2. The Bertz CT molecular complexity index is 764. The fourth-order valence-electron chi connectivity index (χ4n) is 2.50. The van der Waals surface area contributed by atoms with Gasteiger partial charge in [-0.15, -0.1) is 0 Å². The first kappa shape index (κ1) is 16.0. The molecule has 0 aliphatic rings. The molecular weight excluding hydrogens is 302 g/mol. The molecule has 2 aromatic carbocycles. The van der Waals surface area contributed by atoms with Crippen molar-refractivity contribution in [1.82, 2.24) is 5.32 Å². The van der Waals surface area contributed by atoms with E-state index in [1.54, 1.807) is 6.07 Å². The molecule has 1 atom stereocenters. The summed E-state index contributed by atoms with van der Waals surface area (Å²) in [4.78, 5) is 12.1. The summed E-state index contributed by atoms with van der Waals surface area (Å²) in [5.74, 6) is -0.144. The van der Waals surface area contributed by atoms with Crippen molar-refractivity contribution in [1.29, 1.82) is 0 Å². The van der Waals surface area contributed by atoms with E-state index in [2.05, 4.69) is 5.32 Å². The van der Waals surface area contributed by atoms with Crippen LogP contribution in [0.3, 0.4) is 0 Å². The molecule has 0 saturated carbocycles. The fourth-order valence-corrected chi connectivity index (χ4v) is 2.50. The molecule has 4 heteroatoms. The van der Waals surface area contributed by atoms with E-state index in [0.29, 0.717) is 18.5 Å². The van der Waals surface area contributed by atoms with Gasteiger partial charge in [-0.25, -0.2) is 0 Å². The molecule has 0 bridgehead atoms. The number of furan rings is 1. The van der Waals surface area contributed by atoms with Crippen molar-refractivity contribution in [3.8, 4) is 11.1 Å². The van der Waals surface area contributed by atoms with Crippen LogP contribution in [0, 0.1) is 0 Å². The smallest absolute Gasteiger partial charge is 0.251 e. The summed E-state index contributed by atoms with van der Waals surface area (Å²) >= 11 is 0. The topological polar surface area (TPSA) is 62.5 Å². The van der Waals surface area contributed by atoms with Gasteiger partial charge in [0.15, 0.2) is 0 Å². The largest absolute Gasteiger partial charge is 0.472 e. The Morgan fingerprint density at radius 1 is 1.00 bits per heavy atom. The second-order valence-electron chi connectivity index (χ2n) is 5.56. The molecule has 4 nitrogen and oxygen atoms in total. The lowest BCUT2D eigenvalue weighted by molar-refractivity contribution is 0.0942. The number of benzene rings is 2. The van der Waals surface area contributed by atoms with Crippen LogP contribution in [0.4, 0.5) is 0 Å². The molecule has 1 amide bonds. The zero-order valence-corrected chi connectivity index (χ0v) is 13.2. The maximum Gasteiger partial charge on any atom is 0.251 e. The highest BCUT2D eigenvalue weighted by Crippen LogP contribution is 2.19. The van der Waals surface area contributed by atoms with E-state index >= 15 is 0 Å². The lowest BCUT2D eigenvalue weighted by Crippen LogP contribution is -2.25. The van der Waals surface area contributed by atoms with Crippen LogP contribution in [0.5, 0.6) is 0 Å². The van der Waals surface area contributed by atoms with Gasteiger partial charge in [0.25, 0.3) is 5.91 Å². The van der Waals surface area contributed by atoms with Crippen molar-refractivity contribution in [2.75, 3.05) is 6.54 Å². The number of aliphatic hydroxyl groups excluding tert-OH is 1. The number of hydrogen-bond donors (Lipinski definition) is 2. The molecule has 122 valence electrons. The van der Waals surface area contributed by atoms with Gasteiger partial charge in [0, 0.05) is 17.7 Å². The SMILES string of the molecule is O=C(NCCC(O)c1ccoc1)c1ccc(-c2ccccc2)cc1. The van der Waals surface area contributed by atoms with Gasteiger partial charge in [0.2, 0.25) is 0 Å². The van der Waals surface area contributed by atoms with Crippen molar-refractivity contribution in [2.24, 2.45) is 0 Å². The number of carbonyl (C=O) groups is 1. The standard InChI is InChI=1S/C20H19NO3/c22-19(18-11-13-24-14-18)10-12-21-20(23)17-8-6-16(7-9-17)15-4-2-1-3-5-15/h1-9,11,13-14,19,22H,10,12H2,(H,21,23). The van der Waals surface area contributed by atoms with Crippen LogP contribution in [0.1, 0.15) is 28.4 Å². The van der Waals surface area contributed by atoms with E-state index in [1.807, 2.05) is 54.6 Å². The third-order valence-corrected chi connectivity index (χ3v) is 3.89. The van der Waals surface area contributed by atoms with Gasteiger partial charge in [-0.3, -0.25) is 4.79 Å². The van der Waals surface area contributed by atoms with Crippen LogP contribution in [-0.2, 0) is 0 Å². The van der Waals surface area contributed by atoms with E-state index in [9.17, 15) is 9.90 Å². The molecule has 0 fully saturated rings. The molecule has 0 radical (unpaired) electrons. The molecule has 3 rings (SSSR count). The van der Waals surface area contributed by atoms with E-state index in [1.165, 1.54) is 12.5 Å². The maximum absolute atomic E-state index is 12.1. The second-order valence-corrected chi connectivity index (χ2v) is 5.56. The van der Waals surface area contributed by atoms with Crippen LogP contribution >= 0.6 is 0 Å². The zero-order chi connectivity index (χ0) is 16.8. The van der Waals surface area contributed by atoms with Gasteiger partial charge in [0.1, 0.15) is 0 Å². The Morgan fingerprint density at radius 2 is 1.71 bits per heavy atom. The third kappa shape index (κ3) is 3.91. The third-order valence-electron chi connectivity index (χ3n) is 3.89. The van der Waals surface area contributed by atoms with E-state index < -0.39 is 6.10 Å². The Hall–Kier alpha value is -2.85. The first-order valence-corrected chi connectivity index (χ1v) is 7.88. The van der Waals surface area contributed by atoms with Crippen LogP contribution < -0.4 is 5.32 Å². The van der Waals surface area contributed by atoms with E-state index in [0.717, 1.165) is 16.7 Å². The first-order valence-electron chi connectivity index (χ1n) is 7.88. The molecule has 24 heavy (non-hydrogen) atoms. The number of nitrogens with one attached hydrogen (secondary N) is 1. The highest BCUT2D eigenvalue weighted by Gasteiger charge is 2.10. The summed E-state index contributed by atoms with van der Waals surface area (Å²) in [6.07, 6.45) is 2.83. The molecule has 0 aliphatic carbocycles. The second kappa shape index (κ2) is 7.62. The summed E-state index contributed by atoms with van der Waals surface area (Å²) in [6.45, 7) is 0.394. The van der Waals surface area contributed by atoms with Crippen molar-refractivity contribution >= 4 is 5.91 Å². The fraction of sp³-hybridized carbons (Fsp3) is 0.150. The maximum atomic E-state index is 12.1. The Balaban J connectivity index is 1.54. The molecule has 3 aromatic rings. The predicted octanol–water partition coefficient (Wildman–Crippen LogP) is 3.80. The lowest BCUT2D eigenvalue weighted by atomic mass is 10.0. The van der Waals surface area contributed by atoms with Gasteiger partial charge < -0.3 is 14.8 Å². The average Bonchev–Trinajstić information content (AvgIpc) is 3.17. The molecule has 0 aliphatic heterocycles. The Labute approximate surface area is 140 Å². The van der Waals surface area contributed by atoms with Crippen molar-refractivity contribution < 1.29 is 14.3 Å². The lowest BCUT2D eigenvalue weighted by Gasteiger charge is -2.10. The minimum absolute atomic E-state index is 0.144. The Morgan fingerprint density at radius 3 is 2.38 bits per heavy atom. The highest BCUT2D eigenvalue weighted by atomic mass is 16.3. The van der Waals surface area contributed by atoms with Crippen LogP contribution in [0.25, 0.3) is 11.1 Å². The molecule has 1 aromatic heterocycles. The van der Waals surface area contributed by atoms with Crippen LogP contribution in [0.2, 0.25) is 0 Å². The minimum Gasteiger partial charge on any atom is -0.472 e. The number of aliphatic hydroxyl groups is 1. The number of amides is 1. The van der Waals surface area contributed by atoms with Gasteiger partial charge in [-0.2, -0.15) is 0 Å². The van der Waals surface area contributed by atoms with Gasteiger partial charge in [-0.05, 0) is 35.7 Å². The molecule has 2 N–H and O–H groups in total. The summed E-state index contributed by atoms with van der Waals surface area (Å²) in [7, 11) is 0. The van der Waals surface area contributed by atoms with Gasteiger partial charge in [0.05, 0.1) is 18.6 Å². The van der Waals surface area contributed by atoms with Crippen LogP contribution in [0.15, 0.2) is 77.6 Å². The predicted molar refractivity (Wildman–Crippen MR) is 92.5 cm³/mol. The van der Waals surface area contributed by atoms with Crippen molar-refractivity contribution in [2.45, 2.75) is 12.5 Å². The molecule has 0 spiro atoms. The zero-order valence-electron chi connectivity index (χ0n) is 13.2. The quantitative estimate of drug-likeness (QED) is 0.726. The number of carbonyl (C=O) groups excluding carboxylic acids is 1. The van der Waals surface area contributed by atoms with E-state index in [4.69, 9.17) is 4.42 Å². The summed E-state index contributed by atoms with van der Waals surface area (Å²) < 4.78 is 4.93. The van der Waals surface area contributed by atoms with E-state index in [-0.39, 0.29) is 5.91 Å². The summed E-state index contributed by atoms with van der Waals surface area (Å²) in [5, 5.41) is 12.8. The highest BCUT2D eigenvalue weighted by molar-refractivity contribution is 5.94. The van der Waals surface area contributed by atoms with Crippen molar-refractivity contribution in [3.05, 3.63) is 84.3 Å². The summed E-state index contributed by atoms with van der Waals surface area (Å²) in [5.41, 5.74) is 3.51. The number of hydrogen-bond acceptors (Lipinski definition) is 3. The molecule has 1 unspecified atom stereocenters. The average molecular weight is 321 g/mol. The minimum atomic E-state index is -0.635. The Kier molecular flexibility index (Phi) is 5.08. The number of rotatable bonds is 6. The molecule has 1 heterocycles.